The van der Waals surface area contributed by atoms with E-state index in [1.54, 1.807) is 6.07 Å². The van der Waals surface area contributed by atoms with E-state index in [0.717, 1.165) is 19.3 Å². The Kier molecular flexibility index (Phi) is 6.20. The Morgan fingerprint density at radius 1 is 1.53 bits per heavy atom. The molecule has 1 N–H and O–H groups in total. The number of hydrogen-bond donors (Lipinski definition) is 1. The summed E-state index contributed by atoms with van der Waals surface area (Å²) in [5, 5.41) is 13.6. The third-order valence-corrected chi connectivity index (χ3v) is 3.71. The van der Waals surface area contributed by atoms with Crippen molar-refractivity contribution in [2.24, 2.45) is 0 Å². The Hall–Kier alpha value is -1.18. The van der Waals surface area contributed by atoms with Gasteiger partial charge >= 0.3 is 0 Å². The van der Waals surface area contributed by atoms with Crippen LogP contribution in [0.15, 0.2) is 18.2 Å². The summed E-state index contributed by atoms with van der Waals surface area (Å²) in [7, 11) is 0. The van der Waals surface area contributed by atoms with Gasteiger partial charge in [0.1, 0.15) is 0 Å². The summed E-state index contributed by atoms with van der Waals surface area (Å²) < 4.78 is 0.711. The molecule has 1 amide bonds. The smallest absolute Gasteiger partial charge is 0.270 e. The van der Waals surface area contributed by atoms with Gasteiger partial charge in [-0.3, -0.25) is 14.9 Å². The van der Waals surface area contributed by atoms with Crippen molar-refractivity contribution in [2.45, 2.75) is 39.2 Å². The number of nitrogens with one attached hydrogen (secondary N) is 1. The molecule has 1 aromatic rings. The van der Waals surface area contributed by atoms with E-state index in [2.05, 4.69) is 12.2 Å². The van der Waals surface area contributed by atoms with Crippen LogP contribution in [0.5, 0.6) is 0 Å². The zero-order chi connectivity index (χ0) is 14.4. The maximum absolute atomic E-state index is 12.1. The fourth-order valence-corrected chi connectivity index (χ4v) is 2.27. The zero-order valence-corrected chi connectivity index (χ0v) is 13.1. The van der Waals surface area contributed by atoms with Crippen LogP contribution in [0.2, 0.25) is 0 Å². The molecule has 0 heterocycles. The molecule has 19 heavy (non-hydrogen) atoms. The molecule has 1 aromatic carbocycles. The highest BCUT2D eigenvalue weighted by atomic mass is 127. The van der Waals surface area contributed by atoms with Crippen LogP contribution in [-0.4, -0.2) is 16.9 Å². The molecule has 0 aromatic heterocycles. The normalized spacial score (nSPS) is 11.9. The van der Waals surface area contributed by atoms with Gasteiger partial charge in [0.05, 0.1) is 10.5 Å². The number of carbonyl (C=O) groups excluding carboxylic acids is 1. The fraction of sp³-hybridized carbons (Fsp3) is 0.462. The van der Waals surface area contributed by atoms with Crippen molar-refractivity contribution >= 4 is 34.2 Å². The van der Waals surface area contributed by atoms with Gasteiger partial charge < -0.3 is 5.32 Å². The lowest BCUT2D eigenvalue weighted by atomic mass is 10.1. The summed E-state index contributed by atoms with van der Waals surface area (Å²) >= 11 is 2.01. The van der Waals surface area contributed by atoms with Crippen LogP contribution in [-0.2, 0) is 0 Å². The second-order valence-electron chi connectivity index (χ2n) is 4.44. The molecule has 0 aliphatic rings. The largest absolute Gasteiger partial charge is 0.350 e. The first-order chi connectivity index (χ1) is 8.95. The lowest BCUT2D eigenvalue weighted by molar-refractivity contribution is -0.384. The van der Waals surface area contributed by atoms with E-state index in [0.29, 0.717) is 9.13 Å². The van der Waals surface area contributed by atoms with Gasteiger partial charge in [0.15, 0.2) is 0 Å². The summed E-state index contributed by atoms with van der Waals surface area (Å²) in [5.41, 5.74) is 0.296. The van der Waals surface area contributed by atoms with Crippen molar-refractivity contribution < 1.29 is 9.72 Å². The van der Waals surface area contributed by atoms with Gasteiger partial charge in [-0.15, -0.1) is 0 Å². The highest BCUT2D eigenvalue weighted by molar-refractivity contribution is 14.1. The molecule has 0 fully saturated rings. The minimum absolute atomic E-state index is 0.0632. The van der Waals surface area contributed by atoms with E-state index in [4.69, 9.17) is 0 Å². The molecule has 0 saturated heterocycles. The lowest BCUT2D eigenvalue weighted by Crippen LogP contribution is -2.33. The monoisotopic (exact) mass is 376 g/mol. The van der Waals surface area contributed by atoms with Crippen LogP contribution in [0.25, 0.3) is 0 Å². The molecule has 104 valence electrons. The van der Waals surface area contributed by atoms with Crippen LogP contribution in [0.1, 0.15) is 43.5 Å². The van der Waals surface area contributed by atoms with Gasteiger partial charge in [-0.25, -0.2) is 0 Å². The number of halogens is 1. The first-order valence-corrected chi connectivity index (χ1v) is 7.28. The molecular weight excluding hydrogens is 359 g/mol. The van der Waals surface area contributed by atoms with Gasteiger partial charge in [0.25, 0.3) is 11.6 Å². The highest BCUT2D eigenvalue weighted by Gasteiger charge is 2.16. The number of nitrogens with zero attached hydrogens (tertiary/aromatic N) is 1. The molecule has 6 heteroatoms. The molecule has 0 saturated carbocycles. The molecule has 1 rings (SSSR count). The summed E-state index contributed by atoms with van der Waals surface area (Å²) in [5.74, 6) is -0.253. The summed E-state index contributed by atoms with van der Waals surface area (Å²) in [6.07, 6.45) is 3.04. The SMILES string of the molecule is CCCCC(C)NC(=O)c1cc([N+](=O)[O-])ccc1I. The number of nitro benzene ring substituents is 1. The van der Waals surface area contributed by atoms with Crippen LogP contribution in [0.4, 0.5) is 5.69 Å². The number of rotatable bonds is 6. The molecule has 0 radical (unpaired) electrons. The standard InChI is InChI=1S/C13H17IN2O3/c1-3-4-5-9(2)15-13(17)11-8-10(16(18)19)6-7-12(11)14/h6-9H,3-5H2,1-2H3,(H,15,17). The Labute approximate surface area is 126 Å². The molecule has 0 spiro atoms. The Balaban J connectivity index is 2.81. The number of non-ortho nitro benzene ring substituents is 1. The van der Waals surface area contributed by atoms with Crippen molar-refractivity contribution in [2.75, 3.05) is 0 Å². The quantitative estimate of drug-likeness (QED) is 0.469. The van der Waals surface area contributed by atoms with Gasteiger partial charge in [0, 0.05) is 21.7 Å². The van der Waals surface area contributed by atoms with E-state index in [9.17, 15) is 14.9 Å². The van der Waals surface area contributed by atoms with Gasteiger partial charge in [-0.1, -0.05) is 19.8 Å². The van der Waals surface area contributed by atoms with Crippen molar-refractivity contribution in [1.82, 2.24) is 5.32 Å². The Morgan fingerprint density at radius 2 is 2.21 bits per heavy atom. The van der Waals surface area contributed by atoms with E-state index in [1.165, 1.54) is 12.1 Å². The first-order valence-electron chi connectivity index (χ1n) is 6.20. The van der Waals surface area contributed by atoms with Gasteiger partial charge in [0.2, 0.25) is 0 Å². The molecule has 1 unspecified atom stereocenters. The predicted octanol–water partition coefficient (Wildman–Crippen LogP) is 3.51. The van der Waals surface area contributed by atoms with E-state index < -0.39 is 4.92 Å². The van der Waals surface area contributed by atoms with E-state index >= 15 is 0 Å². The fourth-order valence-electron chi connectivity index (χ4n) is 1.68. The zero-order valence-electron chi connectivity index (χ0n) is 11.0. The average molecular weight is 376 g/mol. The minimum atomic E-state index is -0.493. The van der Waals surface area contributed by atoms with E-state index in [-0.39, 0.29) is 17.6 Å². The highest BCUT2D eigenvalue weighted by Crippen LogP contribution is 2.19. The minimum Gasteiger partial charge on any atom is -0.350 e. The lowest BCUT2D eigenvalue weighted by Gasteiger charge is -2.14. The van der Waals surface area contributed by atoms with Crippen LogP contribution < -0.4 is 5.32 Å². The molecular formula is C13H17IN2O3. The molecule has 0 aliphatic carbocycles. The molecule has 0 aliphatic heterocycles. The van der Waals surface area contributed by atoms with Gasteiger partial charge in [-0.05, 0) is 42.0 Å². The second kappa shape index (κ2) is 7.42. The van der Waals surface area contributed by atoms with Crippen molar-refractivity contribution in [1.29, 1.82) is 0 Å². The Bertz CT molecular complexity index is 477. The summed E-state index contributed by atoms with van der Waals surface area (Å²) in [6, 6.07) is 4.38. The number of carbonyl (C=O) groups is 1. The van der Waals surface area contributed by atoms with Gasteiger partial charge in [-0.2, -0.15) is 0 Å². The number of nitro groups is 1. The molecule has 5 nitrogen and oxygen atoms in total. The summed E-state index contributed by atoms with van der Waals surface area (Å²) in [4.78, 5) is 22.3. The van der Waals surface area contributed by atoms with E-state index in [1.807, 2.05) is 29.5 Å². The molecule has 0 bridgehead atoms. The maximum Gasteiger partial charge on any atom is 0.270 e. The predicted molar refractivity (Wildman–Crippen MR) is 82.3 cm³/mol. The number of unbranched alkanes of at least 4 members (excludes halogenated alkanes) is 1. The number of benzene rings is 1. The second-order valence-corrected chi connectivity index (χ2v) is 5.60. The topological polar surface area (TPSA) is 72.2 Å². The molecule has 1 atom stereocenters. The van der Waals surface area contributed by atoms with Crippen molar-refractivity contribution in [3.8, 4) is 0 Å². The number of hydrogen-bond acceptors (Lipinski definition) is 3. The van der Waals surface area contributed by atoms with Crippen LogP contribution in [0, 0.1) is 13.7 Å². The average Bonchev–Trinajstić information content (AvgIpc) is 2.36. The number of amides is 1. The third kappa shape index (κ3) is 4.77. The van der Waals surface area contributed by atoms with Crippen molar-refractivity contribution in [3.05, 3.63) is 37.4 Å². The maximum atomic E-state index is 12.1. The third-order valence-electron chi connectivity index (χ3n) is 2.77. The first kappa shape index (κ1) is 15.9. The van der Waals surface area contributed by atoms with Crippen LogP contribution >= 0.6 is 22.6 Å². The van der Waals surface area contributed by atoms with Crippen LogP contribution in [0.3, 0.4) is 0 Å². The summed E-state index contributed by atoms with van der Waals surface area (Å²) in [6.45, 7) is 4.04. The Morgan fingerprint density at radius 3 is 2.79 bits per heavy atom. The van der Waals surface area contributed by atoms with Crippen molar-refractivity contribution in [3.63, 3.8) is 0 Å².